The van der Waals surface area contributed by atoms with Crippen LogP contribution in [-0.4, -0.2) is 50.7 Å². The minimum atomic E-state index is -0.507. The van der Waals surface area contributed by atoms with Crippen molar-refractivity contribution in [3.63, 3.8) is 0 Å². The van der Waals surface area contributed by atoms with E-state index in [1.54, 1.807) is 15.8 Å². The van der Waals surface area contributed by atoms with Gasteiger partial charge in [0, 0.05) is 35.9 Å². The van der Waals surface area contributed by atoms with Crippen LogP contribution in [0.3, 0.4) is 0 Å². The number of hydrogen-bond donors (Lipinski definition) is 1. The summed E-state index contributed by atoms with van der Waals surface area (Å²) in [5, 5.41) is 8.88. The average Bonchev–Trinajstić information content (AvgIpc) is 3.41. The van der Waals surface area contributed by atoms with E-state index in [0.29, 0.717) is 30.4 Å². The molecule has 1 N–H and O–H groups in total. The first-order valence-corrected chi connectivity index (χ1v) is 8.91. The topological polar surface area (TPSA) is 74.8 Å². The number of hydrogen-bond acceptors (Lipinski definition) is 5. The lowest BCUT2D eigenvalue weighted by Crippen LogP contribution is -2.29. The van der Waals surface area contributed by atoms with Gasteiger partial charge >= 0.3 is 0 Å². The first kappa shape index (κ1) is 15.9. The second-order valence-electron chi connectivity index (χ2n) is 6.01. The Morgan fingerprint density at radius 1 is 1.32 bits per heavy atom. The van der Waals surface area contributed by atoms with Crippen molar-refractivity contribution in [3.8, 4) is 11.4 Å². The number of thiazole rings is 1. The number of nitrogens with one attached hydrogen (secondary N) is 1. The fourth-order valence-electron chi connectivity index (χ4n) is 3.14. The van der Waals surface area contributed by atoms with Crippen LogP contribution in [0.2, 0.25) is 0 Å². The van der Waals surface area contributed by atoms with E-state index in [9.17, 15) is 9.18 Å². The molecular formula is C17H16FN5OS. The number of rotatable bonds is 4. The number of H-pyrrole nitrogens is 1. The number of halogens is 1. The molecule has 2 atom stereocenters. The molecule has 0 spiro atoms. The largest absolute Gasteiger partial charge is 0.336 e. The van der Waals surface area contributed by atoms with Gasteiger partial charge in [0.25, 0.3) is 5.91 Å². The van der Waals surface area contributed by atoms with Crippen molar-refractivity contribution in [2.45, 2.75) is 5.92 Å². The summed E-state index contributed by atoms with van der Waals surface area (Å²) in [6.07, 6.45) is 0. The SMILES string of the molecule is O=C(c1cscn1)N1C[C@@H](CF)[C@H](c2nc(-c3ccccc3)n[nH]2)C1. The number of amides is 1. The van der Waals surface area contributed by atoms with E-state index in [1.165, 1.54) is 11.3 Å². The Balaban J connectivity index is 1.55. The van der Waals surface area contributed by atoms with Gasteiger partial charge in [0.1, 0.15) is 11.5 Å². The molecule has 0 saturated carbocycles. The van der Waals surface area contributed by atoms with Crippen LogP contribution in [0.15, 0.2) is 41.2 Å². The van der Waals surface area contributed by atoms with Crippen LogP contribution in [0, 0.1) is 5.92 Å². The van der Waals surface area contributed by atoms with E-state index >= 15 is 0 Å². The fourth-order valence-corrected chi connectivity index (χ4v) is 3.67. The van der Waals surface area contributed by atoms with Gasteiger partial charge in [-0.15, -0.1) is 11.3 Å². The molecule has 1 aliphatic heterocycles. The highest BCUT2D eigenvalue weighted by Crippen LogP contribution is 2.32. The van der Waals surface area contributed by atoms with Gasteiger partial charge < -0.3 is 4.90 Å². The molecule has 0 aliphatic carbocycles. The fraction of sp³-hybridized carbons (Fsp3) is 0.294. The predicted molar refractivity (Wildman–Crippen MR) is 92.0 cm³/mol. The minimum absolute atomic E-state index is 0.162. The van der Waals surface area contributed by atoms with E-state index in [2.05, 4.69) is 20.2 Å². The standard InChI is InChI=1S/C17H16FN5OS/c18-6-12-7-23(17(24)14-9-25-10-19-14)8-13(12)16-20-15(21-22-16)11-4-2-1-3-5-11/h1-5,9-10,12-13H,6-8H2,(H,20,21,22)/t12-,13-/m1/s1. The van der Waals surface area contributed by atoms with Crippen molar-refractivity contribution in [3.05, 3.63) is 52.7 Å². The zero-order chi connectivity index (χ0) is 17.2. The molecule has 4 rings (SSSR count). The van der Waals surface area contributed by atoms with Crippen LogP contribution in [0.5, 0.6) is 0 Å². The van der Waals surface area contributed by atoms with Crippen LogP contribution >= 0.6 is 11.3 Å². The molecule has 1 aromatic carbocycles. The first-order chi connectivity index (χ1) is 12.3. The summed E-state index contributed by atoms with van der Waals surface area (Å²) >= 11 is 1.37. The number of nitrogens with zero attached hydrogens (tertiary/aromatic N) is 4. The molecule has 0 unspecified atom stereocenters. The predicted octanol–water partition coefficient (Wildman–Crippen LogP) is 2.75. The molecule has 6 nitrogen and oxygen atoms in total. The summed E-state index contributed by atoms with van der Waals surface area (Å²) in [5.74, 6) is 0.550. The third kappa shape index (κ3) is 3.05. The Labute approximate surface area is 147 Å². The summed E-state index contributed by atoms with van der Waals surface area (Å²) in [6.45, 7) is 0.264. The highest BCUT2D eigenvalue weighted by atomic mass is 32.1. The summed E-state index contributed by atoms with van der Waals surface area (Å²) in [5.41, 5.74) is 2.93. The molecule has 0 bridgehead atoms. The molecule has 3 heterocycles. The van der Waals surface area contributed by atoms with E-state index in [4.69, 9.17) is 0 Å². The maximum atomic E-state index is 13.5. The van der Waals surface area contributed by atoms with Crippen molar-refractivity contribution in [1.82, 2.24) is 25.1 Å². The Morgan fingerprint density at radius 3 is 2.88 bits per heavy atom. The zero-order valence-electron chi connectivity index (χ0n) is 13.3. The van der Waals surface area contributed by atoms with Crippen molar-refractivity contribution >= 4 is 17.2 Å². The minimum Gasteiger partial charge on any atom is -0.336 e. The Bertz CT molecular complexity index is 851. The van der Waals surface area contributed by atoms with Crippen LogP contribution in [0.1, 0.15) is 22.2 Å². The lowest BCUT2D eigenvalue weighted by Gasteiger charge is -2.14. The summed E-state index contributed by atoms with van der Waals surface area (Å²) in [4.78, 5) is 22.7. The molecule has 1 aliphatic rings. The second-order valence-corrected chi connectivity index (χ2v) is 6.73. The molecule has 3 aromatic rings. The second kappa shape index (κ2) is 6.72. The number of carbonyl (C=O) groups excluding carboxylic acids is 1. The van der Waals surface area contributed by atoms with Gasteiger partial charge in [-0.25, -0.2) is 9.97 Å². The molecule has 0 radical (unpaired) electrons. The van der Waals surface area contributed by atoms with Crippen molar-refractivity contribution < 1.29 is 9.18 Å². The molecule has 25 heavy (non-hydrogen) atoms. The average molecular weight is 357 g/mol. The maximum absolute atomic E-state index is 13.5. The lowest BCUT2D eigenvalue weighted by atomic mass is 9.97. The van der Waals surface area contributed by atoms with Gasteiger partial charge in [-0.3, -0.25) is 14.3 Å². The van der Waals surface area contributed by atoms with E-state index in [0.717, 1.165) is 5.56 Å². The normalized spacial score (nSPS) is 20.1. The third-order valence-corrected chi connectivity index (χ3v) is 5.05. The van der Waals surface area contributed by atoms with E-state index in [-0.39, 0.29) is 17.7 Å². The van der Waals surface area contributed by atoms with Gasteiger partial charge in [0.05, 0.1) is 12.2 Å². The van der Waals surface area contributed by atoms with E-state index < -0.39 is 6.67 Å². The van der Waals surface area contributed by atoms with Gasteiger partial charge in [-0.1, -0.05) is 30.3 Å². The monoisotopic (exact) mass is 357 g/mol. The van der Waals surface area contributed by atoms with Gasteiger partial charge in [0.2, 0.25) is 0 Å². The highest BCUT2D eigenvalue weighted by molar-refractivity contribution is 7.07. The van der Waals surface area contributed by atoms with Crippen LogP contribution in [0.4, 0.5) is 4.39 Å². The first-order valence-electron chi connectivity index (χ1n) is 7.97. The van der Waals surface area contributed by atoms with E-state index in [1.807, 2.05) is 30.3 Å². The summed E-state index contributed by atoms with van der Waals surface area (Å²) in [6, 6.07) is 9.60. The van der Waals surface area contributed by atoms with Crippen LogP contribution in [-0.2, 0) is 0 Å². The van der Waals surface area contributed by atoms with Crippen LogP contribution < -0.4 is 0 Å². The zero-order valence-corrected chi connectivity index (χ0v) is 14.1. The molecular weight excluding hydrogens is 341 g/mol. The third-order valence-electron chi connectivity index (χ3n) is 4.46. The summed E-state index contributed by atoms with van der Waals surface area (Å²) < 4.78 is 13.5. The van der Waals surface area contributed by atoms with Gasteiger partial charge in [-0.05, 0) is 0 Å². The summed E-state index contributed by atoms with van der Waals surface area (Å²) in [7, 11) is 0. The molecule has 2 aromatic heterocycles. The number of aromatic nitrogens is 4. The number of carbonyl (C=O) groups is 1. The molecule has 8 heteroatoms. The number of likely N-dealkylation sites (tertiary alicyclic amines) is 1. The Kier molecular flexibility index (Phi) is 4.27. The van der Waals surface area contributed by atoms with Gasteiger partial charge in [-0.2, -0.15) is 5.10 Å². The highest BCUT2D eigenvalue weighted by Gasteiger charge is 2.38. The molecule has 1 fully saturated rings. The van der Waals surface area contributed by atoms with Crippen molar-refractivity contribution in [2.24, 2.45) is 5.92 Å². The van der Waals surface area contributed by atoms with Crippen molar-refractivity contribution in [2.75, 3.05) is 19.8 Å². The molecule has 1 amide bonds. The Morgan fingerprint density at radius 2 is 2.16 bits per heavy atom. The van der Waals surface area contributed by atoms with Crippen LogP contribution in [0.25, 0.3) is 11.4 Å². The molecule has 1 saturated heterocycles. The smallest absolute Gasteiger partial charge is 0.273 e. The number of alkyl halides is 1. The molecule has 128 valence electrons. The Hall–Kier alpha value is -2.61. The lowest BCUT2D eigenvalue weighted by molar-refractivity contribution is 0.0779. The number of benzene rings is 1. The van der Waals surface area contributed by atoms with Crippen molar-refractivity contribution in [1.29, 1.82) is 0 Å². The maximum Gasteiger partial charge on any atom is 0.273 e. The van der Waals surface area contributed by atoms with Gasteiger partial charge in [0.15, 0.2) is 5.82 Å². The quantitative estimate of drug-likeness (QED) is 0.779. The number of aromatic amines is 1.